The van der Waals surface area contributed by atoms with Crippen LogP contribution in [-0.2, 0) is 19.3 Å². The van der Waals surface area contributed by atoms with Gasteiger partial charge in [0.05, 0.1) is 14.2 Å². The number of carbonyl (C=O) groups excluding carboxylic acids is 2. The van der Waals surface area contributed by atoms with Crippen molar-refractivity contribution in [3.05, 3.63) is 18.3 Å². The Morgan fingerprint density at radius 2 is 1.50 bits per heavy atom. The second kappa shape index (κ2) is 12.0. The first-order chi connectivity index (χ1) is 12.5. The van der Waals surface area contributed by atoms with E-state index in [1.807, 2.05) is 13.8 Å². The maximum atomic E-state index is 12.0. The highest BCUT2D eigenvalue weighted by Gasteiger charge is 2.18. The van der Waals surface area contributed by atoms with Crippen LogP contribution >= 0.6 is 0 Å². The summed E-state index contributed by atoms with van der Waals surface area (Å²) in [5.41, 5.74) is 0. The van der Waals surface area contributed by atoms with Crippen LogP contribution in [0.4, 0.5) is 0 Å². The van der Waals surface area contributed by atoms with Gasteiger partial charge in [-0.3, -0.25) is 9.59 Å². The molecular formula is C17H27N3O6. The van der Waals surface area contributed by atoms with Gasteiger partial charge in [-0.2, -0.15) is 0 Å². The zero-order chi connectivity index (χ0) is 19.4. The van der Waals surface area contributed by atoms with Crippen molar-refractivity contribution in [2.45, 2.75) is 52.4 Å². The van der Waals surface area contributed by atoms with Crippen LogP contribution < -0.4 is 9.68 Å². The van der Waals surface area contributed by atoms with Crippen molar-refractivity contribution in [1.82, 2.24) is 15.4 Å². The lowest BCUT2D eigenvalue weighted by molar-refractivity contribution is -0.285. The lowest BCUT2D eigenvalue weighted by Crippen LogP contribution is -2.34. The summed E-state index contributed by atoms with van der Waals surface area (Å²) in [6.07, 6.45) is 5.24. The highest BCUT2D eigenvalue weighted by atomic mass is 17.0. The van der Waals surface area contributed by atoms with E-state index >= 15 is 0 Å². The number of unbranched alkanes of at least 4 members (excludes halogenated alkanes) is 2. The number of aromatic nitrogens is 1. The fourth-order valence-corrected chi connectivity index (χ4v) is 1.90. The van der Waals surface area contributed by atoms with E-state index in [-0.39, 0.29) is 23.4 Å². The van der Waals surface area contributed by atoms with Crippen LogP contribution in [0.25, 0.3) is 0 Å². The van der Waals surface area contributed by atoms with Crippen molar-refractivity contribution < 1.29 is 28.9 Å². The molecule has 2 amide bonds. The van der Waals surface area contributed by atoms with Gasteiger partial charge in [0.25, 0.3) is 17.7 Å². The molecule has 0 saturated heterocycles. The predicted molar refractivity (Wildman–Crippen MR) is 92.3 cm³/mol. The van der Waals surface area contributed by atoms with Crippen LogP contribution in [0.15, 0.2) is 18.3 Å². The molecular weight excluding hydrogens is 342 g/mol. The topological polar surface area (TPSA) is 90.4 Å². The summed E-state index contributed by atoms with van der Waals surface area (Å²) in [6, 6.07) is 2.94. The molecule has 9 heteroatoms. The summed E-state index contributed by atoms with van der Waals surface area (Å²) in [7, 11) is 2.66. The minimum absolute atomic E-state index is 0.0752. The molecule has 0 atom stereocenters. The molecule has 0 radical (unpaired) electrons. The summed E-state index contributed by atoms with van der Waals surface area (Å²) in [6.45, 7) is 3.97. The van der Waals surface area contributed by atoms with Gasteiger partial charge in [0.2, 0.25) is 0 Å². The number of hydrogen-bond acceptors (Lipinski definition) is 7. The number of hydroxylamine groups is 4. The van der Waals surface area contributed by atoms with E-state index in [1.165, 1.54) is 32.5 Å². The van der Waals surface area contributed by atoms with Crippen molar-refractivity contribution in [2.75, 3.05) is 14.2 Å². The van der Waals surface area contributed by atoms with Gasteiger partial charge in [-0.15, -0.1) is 0 Å². The Balaban J connectivity index is 2.73. The highest BCUT2D eigenvalue weighted by molar-refractivity contribution is 5.74. The van der Waals surface area contributed by atoms with Gasteiger partial charge >= 0.3 is 0 Å². The molecule has 0 aromatic carbocycles. The van der Waals surface area contributed by atoms with Gasteiger partial charge in [-0.1, -0.05) is 26.7 Å². The molecule has 0 aliphatic carbocycles. The van der Waals surface area contributed by atoms with Crippen LogP contribution in [0.1, 0.15) is 52.4 Å². The third-order valence-corrected chi connectivity index (χ3v) is 3.30. The Morgan fingerprint density at radius 3 is 2.00 bits per heavy atom. The van der Waals surface area contributed by atoms with Crippen LogP contribution in [0.5, 0.6) is 11.6 Å². The van der Waals surface area contributed by atoms with Crippen LogP contribution in [-0.4, -0.2) is 41.5 Å². The Bertz CT molecular complexity index is 524. The minimum Gasteiger partial charge on any atom is -0.351 e. The molecule has 0 aliphatic rings. The molecule has 0 unspecified atom stereocenters. The maximum absolute atomic E-state index is 12.0. The third-order valence-electron chi connectivity index (χ3n) is 3.30. The number of nitrogens with zero attached hydrogens (tertiary/aromatic N) is 3. The zero-order valence-electron chi connectivity index (χ0n) is 15.8. The fourth-order valence-electron chi connectivity index (χ4n) is 1.90. The summed E-state index contributed by atoms with van der Waals surface area (Å²) in [5.74, 6) is -0.289. The maximum Gasteiger partial charge on any atom is 0.285 e. The molecule has 0 spiro atoms. The van der Waals surface area contributed by atoms with Gasteiger partial charge in [-0.25, -0.2) is 14.7 Å². The Hall–Kier alpha value is -2.39. The standard InChI is InChI=1S/C17H27N3O6/c1-5-7-9-16(21)19(23-3)25-14-11-12-18-15(13-14)26-20(24-4)17(22)10-8-6-2/h11-13H,5-10H2,1-4H3. The molecule has 1 heterocycles. The molecule has 146 valence electrons. The first-order valence-electron chi connectivity index (χ1n) is 8.61. The summed E-state index contributed by atoms with van der Waals surface area (Å²) >= 11 is 0. The average molecular weight is 369 g/mol. The molecule has 1 aromatic rings. The summed E-state index contributed by atoms with van der Waals surface area (Å²) < 4.78 is 0. The van der Waals surface area contributed by atoms with E-state index in [9.17, 15) is 9.59 Å². The molecule has 26 heavy (non-hydrogen) atoms. The largest absolute Gasteiger partial charge is 0.351 e. The molecule has 0 bridgehead atoms. The molecule has 0 fully saturated rings. The minimum atomic E-state index is -0.323. The van der Waals surface area contributed by atoms with Crippen molar-refractivity contribution in [1.29, 1.82) is 0 Å². The molecule has 1 rings (SSSR count). The monoisotopic (exact) mass is 369 g/mol. The number of carbonyl (C=O) groups is 2. The lowest BCUT2D eigenvalue weighted by atomic mass is 10.2. The number of rotatable bonds is 12. The molecule has 0 saturated carbocycles. The summed E-state index contributed by atoms with van der Waals surface area (Å²) in [4.78, 5) is 48.6. The average Bonchev–Trinajstić information content (AvgIpc) is 2.66. The van der Waals surface area contributed by atoms with Gasteiger partial charge in [0.15, 0.2) is 5.75 Å². The number of hydrogen-bond donors (Lipinski definition) is 0. The Morgan fingerprint density at radius 1 is 0.962 bits per heavy atom. The second-order valence-corrected chi connectivity index (χ2v) is 5.39. The van der Waals surface area contributed by atoms with Crippen molar-refractivity contribution in [2.24, 2.45) is 0 Å². The molecule has 0 aliphatic heterocycles. The SMILES string of the molecule is CCCCC(=O)N(OC)Oc1ccnc(ON(OC)C(=O)CCCC)c1. The number of pyridine rings is 1. The van der Waals surface area contributed by atoms with E-state index < -0.39 is 0 Å². The number of amides is 2. The van der Waals surface area contributed by atoms with E-state index in [4.69, 9.17) is 19.4 Å². The Kier molecular flexibility index (Phi) is 10.0. The molecule has 0 N–H and O–H groups in total. The normalized spacial score (nSPS) is 10.3. The first-order valence-corrected chi connectivity index (χ1v) is 8.61. The van der Waals surface area contributed by atoms with Crippen LogP contribution in [0.2, 0.25) is 0 Å². The van der Waals surface area contributed by atoms with E-state index in [2.05, 4.69) is 4.98 Å². The highest BCUT2D eigenvalue weighted by Crippen LogP contribution is 2.19. The van der Waals surface area contributed by atoms with E-state index in [1.54, 1.807) is 0 Å². The van der Waals surface area contributed by atoms with E-state index in [0.717, 1.165) is 36.1 Å². The Labute approximate surface area is 153 Å². The van der Waals surface area contributed by atoms with E-state index in [0.29, 0.717) is 12.8 Å². The predicted octanol–water partition coefficient (Wildman–Crippen LogP) is 2.83. The third kappa shape index (κ3) is 7.24. The van der Waals surface area contributed by atoms with Gasteiger partial charge in [0.1, 0.15) is 0 Å². The van der Waals surface area contributed by atoms with Crippen molar-refractivity contribution in [3.63, 3.8) is 0 Å². The lowest BCUT2D eigenvalue weighted by Gasteiger charge is -2.20. The van der Waals surface area contributed by atoms with Gasteiger partial charge < -0.3 is 9.68 Å². The van der Waals surface area contributed by atoms with Gasteiger partial charge in [0, 0.05) is 31.2 Å². The first kappa shape index (κ1) is 21.7. The molecule has 1 aromatic heterocycles. The van der Waals surface area contributed by atoms with Crippen molar-refractivity contribution >= 4 is 11.8 Å². The van der Waals surface area contributed by atoms with Crippen LogP contribution in [0.3, 0.4) is 0 Å². The summed E-state index contributed by atoms with van der Waals surface area (Å²) in [5, 5.41) is 1.57. The van der Waals surface area contributed by atoms with Crippen molar-refractivity contribution in [3.8, 4) is 11.6 Å². The second-order valence-electron chi connectivity index (χ2n) is 5.39. The quantitative estimate of drug-likeness (QED) is 0.523. The van der Waals surface area contributed by atoms with Gasteiger partial charge in [-0.05, 0) is 23.3 Å². The zero-order valence-corrected chi connectivity index (χ0v) is 15.8. The fraction of sp³-hybridized carbons (Fsp3) is 0.588. The smallest absolute Gasteiger partial charge is 0.285 e. The molecule has 9 nitrogen and oxygen atoms in total. The van der Waals surface area contributed by atoms with Crippen LogP contribution in [0, 0.1) is 0 Å².